The number of rotatable bonds is 5. The lowest BCUT2D eigenvalue weighted by Gasteiger charge is -2.20. The quantitative estimate of drug-likeness (QED) is 0.452. The molecule has 0 N–H and O–H groups in total. The summed E-state index contributed by atoms with van der Waals surface area (Å²) in [6.07, 6.45) is 7.28. The fourth-order valence-corrected chi connectivity index (χ4v) is 4.80. The molecule has 3 heterocycles. The van der Waals surface area contributed by atoms with Crippen molar-refractivity contribution in [1.82, 2.24) is 14.5 Å². The van der Waals surface area contributed by atoms with Gasteiger partial charge in [-0.2, -0.15) is 0 Å². The molecule has 0 radical (unpaired) electrons. The van der Waals surface area contributed by atoms with Crippen molar-refractivity contribution in [2.75, 3.05) is 13.1 Å². The molecule has 3 nitrogen and oxygen atoms in total. The summed E-state index contributed by atoms with van der Waals surface area (Å²) in [5.41, 5.74) is 8.48. The Morgan fingerprint density at radius 1 is 0.967 bits per heavy atom. The third kappa shape index (κ3) is 3.90. The van der Waals surface area contributed by atoms with Crippen molar-refractivity contribution in [2.45, 2.75) is 39.3 Å². The van der Waals surface area contributed by atoms with Gasteiger partial charge in [0.15, 0.2) is 0 Å². The van der Waals surface area contributed by atoms with Crippen LogP contribution in [0.1, 0.15) is 34.4 Å². The smallest absolute Gasteiger partial charge is 0.0489 e. The van der Waals surface area contributed by atoms with Crippen molar-refractivity contribution < 1.29 is 0 Å². The van der Waals surface area contributed by atoms with Gasteiger partial charge in [0, 0.05) is 48.6 Å². The van der Waals surface area contributed by atoms with E-state index >= 15 is 0 Å². The van der Waals surface area contributed by atoms with Gasteiger partial charge in [-0.3, -0.25) is 9.88 Å². The van der Waals surface area contributed by atoms with E-state index in [1.165, 1.54) is 45.3 Å². The van der Waals surface area contributed by atoms with Crippen LogP contribution in [-0.4, -0.2) is 27.5 Å². The molecule has 2 aromatic heterocycles. The van der Waals surface area contributed by atoms with Gasteiger partial charge in [0.25, 0.3) is 0 Å². The molecule has 0 amide bonds. The molecule has 4 aromatic rings. The van der Waals surface area contributed by atoms with Crippen molar-refractivity contribution in [3.63, 3.8) is 0 Å². The fourth-order valence-electron chi connectivity index (χ4n) is 4.80. The summed E-state index contributed by atoms with van der Waals surface area (Å²) in [7, 11) is 0. The van der Waals surface area contributed by atoms with Gasteiger partial charge in [-0.05, 0) is 67.6 Å². The molecule has 2 aromatic carbocycles. The van der Waals surface area contributed by atoms with Crippen molar-refractivity contribution in [1.29, 1.82) is 0 Å². The topological polar surface area (TPSA) is 21.1 Å². The Bertz CT molecular complexity index is 1130. The Morgan fingerprint density at radius 2 is 1.83 bits per heavy atom. The van der Waals surface area contributed by atoms with Crippen LogP contribution in [0.15, 0.2) is 73.1 Å². The number of hydrogen-bond donors (Lipinski definition) is 0. The molecule has 1 aliphatic heterocycles. The zero-order chi connectivity index (χ0) is 20.3. The molecule has 0 atom stereocenters. The Labute approximate surface area is 179 Å². The van der Waals surface area contributed by atoms with E-state index in [1.54, 1.807) is 0 Å². The van der Waals surface area contributed by atoms with Crippen molar-refractivity contribution in [3.8, 4) is 0 Å². The van der Waals surface area contributed by atoms with E-state index in [1.807, 2.05) is 18.5 Å². The van der Waals surface area contributed by atoms with Gasteiger partial charge >= 0.3 is 0 Å². The first-order valence-electron chi connectivity index (χ1n) is 11.0. The van der Waals surface area contributed by atoms with Gasteiger partial charge in [-0.1, -0.05) is 48.0 Å². The first-order valence-corrected chi connectivity index (χ1v) is 11.0. The average Bonchev–Trinajstić information content (AvgIpc) is 2.92. The molecule has 0 saturated carbocycles. The van der Waals surface area contributed by atoms with E-state index in [2.05, 4.69) is 76.0 Å². The lowest BCUT2D eigenvalue weighted by Crippen LogP contribution is -2.25. The van der Waals surface area contributed by atoms with E-state index in [0.29, 0.717) is 0 Å². The minimum absolute atomic E-state index is 0.950. The van der Waals surface area contributed by atoms with Crippen LogP contribution in [0.25, 0.3) is 10.9 Å². The highest BCUT2D eigenvalue weighted by atomic mass is 15.1. The largest absolute Gasteiger partial charge is 0.340 e. The zero-order valence-electron chi connectivity index (χ0n) is 17.7. The summed E-state index contributed by atoms with van der Waals surface area (Å²) in [6.45, 7) is 6.44. The Balaban J connectivity index is 1.48. The maximum atomic E-state index is 4.27. The molecule has 152 valence electrons. The van der Waals surface area contributed by atoms with E-state index in [9.17, 15) is 0 Å². The average molecular weight is 396 g/mol. The van der Waals surface area contributed by atoms with E-state index in [-0.39, 0.29) is 0 Å². The van der Waals surface area contributed by atoms with Crippen LogP contribution in [0.2, 0.25) is 0 Å². The number of aromatic nitrogens is 2. The summed E-state index contributed by atoms with van der Waals surface area (Å²) in [5.74, 6) is 0. The summed E-state index contributed by atoms with van der Waals surface area (Å²) in [4.78, 5) is 6.91. The Hall–Kier alpha value is -2.91. The molecule has 1 aliphatic rings. The monoisotopic (exact) mass is 395 g/mol. The zero-order valence-corrected chi connectivity index (χ0v) is 17.7. The Morgan fingerprint density at radius 3 is 2.67 bits per heavy atom. The minimum Gasteiger partial charge on any atom is -0.340 e. The minimum atomic E-state index is 0.950. The maximum Gasteiger partial charge on any atom is 0.0489 e. The summed E-state index contributed by atoms with van der Waals surface area (Å²) >= 11 is 0. The molecule has 0 fully saturated rings. The molecule has 0 spiro atoms. The van der Waals surface area contributed by atoms with Gasteiger partial charge < -0.3 is 4.57 Å². The second-order valence-electron chi connectivity index (χ2n) is 8.51. The number of fused-ring (bicyclic) bond motifs is 3. The standard InChI is InChI=1S/C27H29N3/c1-21-11-12-27-24(17-21)25-20-29(16-13-22-9-5-14-28-18-22)15-6-10-26(25)30(27)19-23-7-3-2-4-8-23/h2-5,7-9,11-12,14,17-18H,6,10,13,15-16,19-20H2,1H3. The molecule has 30 heavy (non-hydrogen) atoms. The summed E-state index contributed by atoms with van der Waals surface area (Å²) in [5, 5.41) is 1.44. The number of hydrogen-bond acceptors (Lipinski definition) is 2. The summed E-state index contributed by atoms with van der Waals surface area (Å²) in [6, 6.07) is 22.1. The van der Waals surface area contributed by atoms with Crippen molar-refractivity contribution in [3.05, 3.63) is 101 Å². The molecule has 0 unspecified atom stereocenters. The normalized spacial score (nSPS) is 14.6. The third-order valence-corrected chi connectivity index (χ3v) is 6.33. The van der Waals surface area contributed by atoms with Gasteiger partial charge in [-0.15, -0.1) is 0 Å². The third-order valence-electron chi connectivity index (χ3n) is 6.33. The second kappa shape index (κ2) is 8.45. The Kier molecular flexibility index (Phi) is 5.37. The van der Waals surface area contributed by atoms with Crippen LogP contribution in [0, 0.1) is 6.92 Å². The first kappa shape index (κ1) is 19.1. The van der Waals surface area contributed by atoms with Gasteiger partial charge in [0.05, 0.1) is 0 Å². The number of benzene rings is 2. The molecule has 0 aliphatic carbocycles. The number of pyridine rings is 1. The van der Waals surface area contributed by atoms with Crippen LogP contribution >= 0.6 is 0 Å². The molecular weight excluding hydrogens is 366 g/mol. The predicted molar refractivity (Wildman–Crippen MR) is 124 cm³/mol. The molecular formula is C27H29N3. The van der Waals surface area contributed by atoms with Crippen molar-refractivity contribution in [2.24, 2.45) is 0 Å². The molecule has 3 heteroatoms. The van der Waals surface area contributed by atoms with Gasteiger partial charge in [0.1, 0.15) is 0 Å². The molecule has 0 bridgehead atoms. The first-order chi connectivity index (χ1) is 14.8. The highest BCUT2D eigenvalue weighted by Crippen LogP contribution is 2.32. The van der Waals surface area contributed by atoms with Crippen LogP contribution in [-0.2, 0) is 25.9 Å². The number of aryl methyl sites for hydroxylation is 1. The van der Waals surface area contributed by atoms with Crippen LogP contribution in [0.4, 0.5) is 0 Å². The van der Waals surface area contributed by atoms with Crippen LogP contribution < -0.4 is 0 Å². The second-order valence-corrected chi connectivity index (χ2v) is 8.51. The van der Waals surface area contributed by atoms with Crippen molar-refractivity contribution >= 4 is 10.9 Å². The molecule has 0 saturated heterocycles. The lowest BCUT2D eigenvalue weighted by atomic mass is 10.1. The van der Waals surface area contributed by atoms with E-state index in [4.69, 9.17) is 0 Å². The highest BCUT2D eigenvalue weighted by Gasteiger charge is 2.22. The van der Waals surface area contributed by atoms with E-state index in [0.717, 1.165) is 39.0 Å². The van der Waals surface area contributed by atoms with Gasteiger partial charge in [0.2, 0.25) is 0 Å². The maximum absolute atomic E-state index is 4.27. The summed E-state index contributed by atoms with van der Waals surface area (Å²) < 4.78 is 2.57. The SMILES string of the molecule is Cc1ccc2c(c1)c1c(n2Cc2ccccc2)CCCN(CCc2cccnc2)C1. The fraction of sp³-hybridized carbons (Fsp3) is 0.296. The molecule has 5 rings (SSSR count). The highest BCUT2D eigenvalue weighted by molar-refractivity contribution is 5.86. The van der Waals surface area contributed by atoms with Crippen LogP contribution in [0.3, 0.4) is 0 Å². The predicted octanol–water partition coefficient (Wildman–Crippen LogP) is 5.38. The number of nitrogens with zero attached hydrogens (tertiary/aromatic N) is 3. The van der Waals surface area contributed by atoms with Gasteiger partial charge in [-0.25, -0.2) is 0 Å². The lowest BCUT2D eigenvalue weighted by molar-refractivity contribution is 0.274. The van der Waals surface area contributed by atoms with Crippen LogP contribution in [0.5, 0.6) is 0 Å². The van der Waals surface area contributed by atoms with E-state index < -0.39 is 0 Å².